The Morgan fingerprint density at radius 1 is 1.13 bits per heavy atom. The van der Waals surface area contributed by atoms with E-state index in [9.17, 15) is 0 Å². The Balaban J connectivity index is 2.19. The molecule has 0 heterocycles. The minimum Gasteiger partial charge on any atom is -0.375 e. The Hall–Kier alpha value is -0.120. The van der Waals surface area contributed by atoms with Gasteiger partial charge in [-0.15, -0.1) is 0 Å². The summed E-state index contributed by atoms with van der Waals surface area (Å²) >= 11 is 0. The van der Waals surface area contributed by atoms with Gasteiger partial charge in [0.1, 0.15) is 0 Å². The van der Waals surface area contributed by atoms with Gasteiger partial charge in [0.2, 0.25) is 0 Å². The fourth-order valence-corrected chi connectivity index (χ4v) is 1.88. The average molecular weight is 215 g/mol. The quantitative estimate of drug-likeness (QED) is 0.628. The molecule has 0 amide bonds. The molecule has 3 heteroatoms. The number of hydrogen-bond acceptors (Lipinski definition) is 3. The number of unbranched alkanes of at least 4 members (excludes halogenated alkanes) is 1. The number of rotatable bonds is 8. The van der Waals surface area contributed by atoms with Crippen LogP contribution in [-0.4, -0.2) is 38.5 Å². The van der Waals surface area contributed by atoms with Gasteiger partial charge in [0.05, 0.1) is 12.2 Å². The van der Waals surface area contributed by atoms with Gasteiger partial charge in [-0.05, 0) is 26.3 Å². The van der Waals surface area contributed by atoms with E-state index in [0.29, 0.717) is 12.1 Å². The SMILES string of the molecule is CCCCOC1CC(NC)C1OCCC. The number of likely N-dealkylation sites (N-methyl/N-ethyl adjacent to an activating group) is 1. The highest BCUT2D eigenvalue weighted by molar-refractivity contribution is 4.96. The summed E-state index contributed by atoms with van der Waals surface area (Å²) in [6, 6.07) is 0.489. The van der Waals surface area contributed by atoms with Gasteiger partial charge in [-0.25, -0.2) is 0 Å². The normalized spacial score (nSPS) is 30.2. The molecule has 0 spiro atoms. The molecular weight excluding hydrogens is 190 g/mol. The summed E-state index contributed by atoms with van der Waals surface area (Å²) in [7, 11) is 2.00. The smallest absolute Gasteiger partial charge is 0.0990 e. The predicted molar refractivity (Wildman–Crippen MR) is 62.1 cm³/mol. The lowest BCUT2D eigenvalue weighted by Crippen LogP contribution is -2.59. The number of hydrogen-bond donors (Lipinski definition) is 1. The van der Waals surface area contributed by atoms with Crippen molar-refractivity contribution in [2.45, 2.75) is 57.8 Å². The van der Waals surface area contributed by atoms with Crippen LogP contribution in [0.3, 0.4) is 0 Å². The summed E-state index contributed by atoms with van der Waals surface area (Å²) in [5, 5.41) is 3.28. The molecule has 0 aromatic heterocycles. The fraction of sp³-hybridized carbons (Fsp3) is 1.00. The fourth-order valence-electron chi connectivity index (χ4n) is 1.88. The van der Waals surface area contributed by atoms with Crippen molar-refractivity contribution in [2.75, 3.05) is 20.3 Å². The van der Waals surface area contributed by atoms with Crippen LogP contribution in [-0.2, 0) is 9.47 Å². The molecule has 15 heavy (non-hydrogen) atoms. The maximum Gasteiger partial charge on any atom is 0.0990 e. The van der Waals surface area contributed by atoms with Crippen molar-refractivity contribution < 1.29 is 9.47 Å². The van der Waals surface area contributed by atoms with Crippen LogP contribution in [0.5, 0.6) is 0 Å². The van der Waals surface area contributed by atoms with Gasteiger partial charge in [-0.1, -0.05) is 20.3 Å². The van der Waals surface area contributed by atoms with Crippen molar-refractivity contribution in [1.82, 2.24) is 5.32 Å². The van der Waals surface area contributed by atoms with E-state index in [2.05, 4.69) is 19.2 Å². The first-order valence-electron chi connectivity index (χ1n) is 6.23. The summed E-state index contributed by atoms with van der Waals surface area (Å²) < 4.78 is 11.6. The zero-order valence-corrected chi connectivity index (χ0v) is 10.3. The molecule has 0 aliphatic heterocycles. The van der Waals surface area contributed by atoms with Crippen LogP contribution in [0.1, 0.15) is 39.5 Å². The van der Waals surface area contributed by atoms with Gasteiger partial charge in [-0.3, -0.25) is 0 Å². The molecule has 1 rings (SSSR count). The van der Waals surface area contributed by atoms with E-state index in [1.165, 1.54) is 6.42 Å². The van der Waals surface area contributed by atoms with Gasteiger partial charge in [0.15, 0.2) is 0 Å². The number of nitrogens with one attached hydrogen (secondary N) is 1. The van der Waals surface area contributed by atoms with Crippen LogP contribution in [0.15, 0.2) is 0 Å². The van der Waals surface area contributed by atoms with Crippen LogP contribution in [0.4, 0.5) is 0 Å². The van der Waals surface area contributed by atoms with Crippen LogP contribution < -0.4 is 5.32 Å². The molecule has 1 saturated carbocycles. The number of ether oxygens (including phenoxy) is 2. The molecule has 1 aliphatic rings. The second-order valence-electron chi connectivity index (χ2n) is 4.23. The predicted octanol–water partition coefficient (Wildman–Crippen LogP) is 1.96. The Morgan fingerprint density at radius 2 is 1.93 bits per heavy atom. The minimum absolute atomic E-state index is 0.270. The Morgan fingerprint density at radius 3 is 2.53 bits per heavy atom. The lowest BCUT2D eigenvalue weighted by atomic mass is 9.85. The van der Waals surface area contributed by atoms with Gasteiger partial charge in [0, 0.05) is 19.3 Å². The maximum atomic E-state index is 5.80. The first-order chi connectivity index (χ1) is 7.33. The molecule has 3 unspecified atom stereocenters. The summed E-state index contributed by atoms with van der Waals surface area (Å²) in [5.41, 5.74) is 0. The molecule has 0 radical (unpaired) electrons. The molecule has 0 aromatic carbocycles. The van der Waals surface area contributed by atoms with Crippen molar-refractivity contribution in [2.24, 2.45) is 0 Å². The summed E-state index contributed by atoms with van der Waals surface area (Å²) in [5.74, 6) is 0. The third kappa shape index (κ3) is 3.74. The Labute approximate surface area is 93.5 Å². The van der Waals surface area contributed by atoms with Gasteiger partial charge in [-0.2, -0.15) is 0 Å². The summed E-state index contributed by atoms with van der Waals surface area (Å²) in [6.45, 7) is 6.05. The second kappa shape index (κ2) is 7.20. The van der Waals surface area contributed by atoms with Crippen LogP contribution in [0.25, 0.3) is 0 Å². The van der Waals surface area contributed by atoms with Crippen molar-refractivity contribution >= 4 is 0 Å². The van der Waals surface area contributed by atoms with E-state index in [1.54, 1.807) is 0 Å². The van der Waals surface area contributed by atoms with Crippen LogP contribution >= 0.6 is 0 Å². The molecule has 90 valence electrons. The second-order valence-corrected chi connectivity index (χ2v) is 4.23. The summed E-state index contributed by atoms with van der Waals surface area (Å²) in [6.07, 6.45) is 5.11. The zero-order valence-electron chi connectivity index (χ0n) is 10.3. The van der Waals surface area contributed by atoms with Gasteiger partial charge >= 0.3 is 0 Å². The van der Waals surface area contributed by atoms with E-state index in [1.807, 2.05) is 7.05 Å². The van der Waals surface area contributed by atoms with Crippen molar-refractivity contribution in [3.63, 3.8) is 0 Å². The average Bonchev–Trinajstić information content (AvgIpc) is 2.23. The van der Waals surface area contributed by atoms with Crippen molar-refractivity contribution in [1.29, 1.82) is 0 Å². The highest BCUT2D eigenvalue weighted by atomic mass is 16.5. The van der Waals surface area contributed by atoms with Crippen LogP contribution in [0.2, 0.25) is 0 Å². The molecule has 0 saturated heterocycles. The lowest BCUT2D eigenvalue weighted by Gasteiger charge is -2.43. The van der Waals surface area contributed by atoms with Crippen molar-refractivity contribution in [3.05, 3.63) is 0 Å². The van der Waals surface area contributed by atoms with E-state index in [4.69, 9.17) is 9.47 Å². The maximum absolute atomic E-state index is 5.80. The third-order valence-corrected chi connectivity index (χ3v) is 2.96. The molecule has 3 nitrogen and oxygen atoms in total. The molecule has 1 N–H and O–H groups in total. The molecule has 0 aromatic rings. The lowest BCUT2D eigenvalue weighted by molar-refractivity contribution is -0.146. The van der Waals surface area contributed by atoms with E-state index in [-0.39, 0.29) is 6.10 Å². The monoisotopic (exact) mass is 215 g/mol. The minimum atomic E-state index is 0.270. The van der Waals surface area contributed by atoms with Crippen LogP contribution in [0, 0.1) is 0 Å². The Bertz CT molecular complexity index is 164. The standard InChI is InChI=1S/C12H25NO2/c1-4-6-8-14-11-9-10(13-3)12(11)15-7-5-2/h10-13H,4-9H2,1-3H3. The zero-order chi connectivity index (χ0) is 11.1. The highest BCUT2D eigenvalue weighted by Crippen LogP contribution is 2.27. The molecule has 1 aliphatic carbocycles. The molecule has 1 fully saturated rings. The van der Waals surface area contributed by atoms with Gasteiger partial charge < -0.3 is 14.8 Å². The highest BCUT2D eigenvalue weighted by Gasteiger charge is 2.41. The summed E-state index contributed by atoms with van der Waals surface area (Å²) in [4.78, 5) is 0. The topological polar surface area (TPSA) is 30.5 Å². The van der Waals surface area contributed by atoms with E-state index in [0.717, 1.165) is 32.5 Å². The first kappa shape index (κ1) is 12.9. The molecule has 3 atom stereocenters. The first-order valence-corrected chi connectivity index (χ1v) is 6.23. The van der Waals surface area contributed by atoms with Gasteiger partial charge in [0.25, 0.3) is 0 Å². The van der Waals surface area contributed by atoms with Crippen molar-refractivity contribution in [3.8, 4) is 0 Å². The molecular formula is C12H25NO2. The largest absolute Gasteiger partial charge is 0.375 e. The van der Waals surface area contributed by atoms with E-state index >= 15 is 0 Å². The molecule has 0 bridgehead atoms. The third-order valence-electron chi connectivity index (χ3n) is 2.96. The Kier molecular flexibility index (Phi) is 6.22. The van der Waals surface area contributed by atoms with E-state index < -0.39 is 0 Å².